The molecule has 0 spiro atoms. The van der Waals surface area contributed by atoms with Crippen molar-refractivity contribution in [2.45, 2.75) is 70.6 Å². The predicted molar refractivity (Wildman–Crippen MR) is 194 cm³/mol. The van der Waals surface area contributed by atoms with Crippen LogP contribution in [0.25, 0.3) is 11.1 Å². The Balaban J connectivity index is 1.06. The maximum absolute atomic E-state index is 13.3. The lowest BCUT2D eigenvalue weighted by atomic mass is 9.91. The maximum Gasteiger partial charge on any atom is 0.274 e. The average Bonchev–Trinajstić information content (AvgIpc) is 4.05. The molecule has 1 unspecified atom stereocenters. The normalized spacial score (nSPS) is 18.4. The zero-order chi connectivity index (χ0) is 35.4. The van der Waals surface area contributed by atoms with Crippen LogP contribution in [-0.4, -0.2) is 80.8 Å². The van der Waals surface area contributed by atoms with Crippen LogP contribution < -0.4 is 25.8 Å². The van der Waals surface area contributed by atoms with Crippen molar-refractivity contribution in [1.82, 2.24) is 35.2 Å². The number of rotatable bonds is 11. The first kappa shape index (κ1) is 32.8. The van der Waals surface area contributed by atoms with Crippen molar-refractivity contribution >= 4 is 46.4 Å². The Morgan fingerprint density at radius 3 is 2.49 bits per heavy atom. The van der Waals surface area contributed by atoms with Crippen molar-refractivity contribution in [2.24, 2.45) is 5.92 Å². The summed E-state index contributed by atoms with van der Waals surface area (Å²) >= 11 is 0. The van der Waals surface area contributed by atoms with Gasteiger partial charge in [0.05, 0.1) is 46.7 Å². The number of para-hydroxylation sites is 1. The summed E-state index contributed by atoms with van der Waals surface area (Å²) in [7, 11) is 3.84. The van der Waals surface area contributed by atoms with Crippen LogP contribution in [0, 0.1) is 5.92 Å². The van der Waals surface area contributed by atoms with Crippen molar-refractivity contribution in [2.75, 3.05) is 47.6 Å². The number of anilines is 5. The molecule has 3 fully saturated rings. The number of hydrogen-bond donors (Lipinski definition) is 3. The van der Waals surface area contributed by atoms with Crippen LogP contribution in [0.5, 0.6) is 0 Å². The van der Waals surface area contributed by atoms with Gasteiger partial charge in [-0.25, -0.2) is 4.98 Å². The number of fused-ring (bicyclic) bond motifs is 3. The van der Waals surface area contributed by atoms with Crippen LogP contribution in [0.4, 0.5) is 28.7 Å². The minimum absolute atomic E-state index is 0.00918. The number of nitrogens with one attached hydrogen (secondary N) is 3. The molecule has 3 N–H and O–H groups in total. The molecule has 3 amide bonds. The number of aromatic nitrogens is 5. The smallest absolute Gasteiger partial charge is 0.274 e. The van der Waals surface area contributed by atoms with E-state index in [4.69, 9.17) is 10.1 Å². The van der Waals surface area contributed by atoms with Crippen LogP contribution >= 0.6 is 0 Å². The standard InChI is InChI=1S/C37H43N11O3/c1-5-30-35-27(17-38-48(35)25-19-47(20-25)18-24-8-6-11-32(39-24)45(3)21(2)49)26-9-7-10-28(34(26)46(30)4)41-29-16-31(42-36(50)22-12-13-22)43-44-33(29)37(51)40-23-14-15-23/h6-11,16-17,22-23,25,30H,5,12-15,18-20H2,1-4H3,(H,40,51)(H2,41,42,43,50). The van der Waals surface area contributed by atoms with Crippen LogP contribution in [0.3, 0.4) is 0 Å². The molecule has 2 aliphatic carbocycles. The van der Waals surface area contributed by atoms with E-state index in [1.165, 1.54) is 12.6 Å². The second-order valence-electron chi connectivity index (χ2n) is 14.2. The average molecular weight is 690 g/mol. The number of hydrogen-bond acceptors (Lipinski definition) is 10. The molecule has 0 bridgehead atoms. The quantitative estimate of drug-likeness (QED) is 0.203. The lowest BCUT2D eigenvalue weighted by molar-refractivity contribution is -0.117. The van der Waals surface area contributed by atoms with Crippen LogP contribution in [-0.2, 0) is 16.1 Å². The molecule has 4 aliphatic rings. The predicted octanol–water partition coefficient (Wildman–Crippen LogP) is 4.66. The molecule has 0 radical (unpaired) electrons. The highest BCUT2D eigenvalue weighted by Gasteiger charge is 2.38. The highest BCUT2D eigenvalue weighted by atomic mass is 16.2. The maximum atomic E-state index is 13.3. The molecule has 1 atom stereocenters. The van der Waals surface area contributed by atoms with E-state index in [0.717, 1.165) is 73.4 Å². The Morgan fingerprint density at radius 1 is 0.980 bits per heavy atom. The van der Waals surface area contributed by atoms with Gasteiger partial charge in [-0.2, -0.15) is 5.10 Å². The summed E-state index contributed by atoms with van der Waals surface area (Å²) in [5, 5.41) is 22.9. The molecule has 4 aromatic rings. The van der Waals surface area contributed by atoms with Gasteiger partial charge in [-0.3, -0.25) is 24.0 Å². The lowest BCUT2D eigenvalue weighted by Gasteiger charge is -2.43. The highest BCUT2D eigenvalue weighted by Crippen LogP contribution is 2.50. The number of likely N-dealkylation sites (tertiary alicyclic amines) is 1. The fourth-order valence-corrected chi connectivity index (χ4v) is 7.13. The first-order chi connectivity index (χ1) is 24.7. The van der Waals surface area contributed by atoms with Crippen molar-refractivity contribution < 1.29 is 14.4 Å². The van der Waals surface area contributed by atoms with E-state index in [1.54, 1.807) is 18.0 Å². The van der Waals surface area contributed by atoms with Gasteiger partial charge in [0.15, 0.2) is 11.5 Å². The van der Waals surface area contributed by atoms with E-state index in [9.17, 15) is 14.4 Å². The summed E-state index contributed by atoms with van der Waals surface area (Å²) in [5.74, 6) is 0.559. The molecule has 14 heteroatoms. The number of amides is 3. The molecular formula is C37H43N11O3. The molecule has 51 heavy (non-hydrogen) atoms. The van der Waals surface area contributed by atoms with E-state index in [2.05, 4.69) is 60.7 Å². The largest absolute Gasteiger partial charge is 0.364 e. The Kier molecular flexibility index (Phi) is 8.41. The van der Waals surface area contributed by atoms with E-state index < -0.39 is 0 Å². The number of carbonyl (C=O) groups is 3. The molecule has 2 saturated carbocycles. The number of carbonyl (C=O) groups excluding carboxylic acids is 3. The van der Waals surface area contributed by atoms with Gasteiger partial charge in [0, 0.05) is 69.8 Å². The van der Waals surface area contributed by atoms with Crippen LogP contribution in [0.2, 0.25) is 0 Å². The second kappa shape index (κ2) is 13.1. The molecule has 14 nitrogen and oxygen atoms in total. The Bertz CT molecular complexity index is 2010. The second-order valence-corrected chi connectivity index (χ2v) is 14.2. The fourth-order valence-electron chi connectivity index (χ4n) is 7.13. The third-order valence-corrected chi connectivity index (χ3v) is 10.4. The van der Waals surface area contributed by atoms with Gasteiger partial charge in [-0.15, -0.1) is 10.2 Å². The van der Waals surface area contributed by atoms with Gasteiger partial charge in [0.25, 0.3) is 5.91 Å². The van der Waals surface area contributed by atoms with Crippen LogP contribution in [0.1, 0.15) is 79.9 Å². The Morgan fingerprint density at radius 2 is 1.76 bits per heavy atom. The SMILES string of the molecule is CCC1c2c(cnn2C2CN(Cc3cccc(N(C)C(C)=O)n3)C2)-c2cccc(Nc3cc(NC(=O)C4CC4)nnc3C(=O)NC3CC3)c2N1C. The van der Waals surface area contributed by atoms with Gasteiger partial charge in [0.1, 0.15) is 5.82 Å². The molecule has 8 rings (SSSR count). The van der Waals surface area contributed by atoms with Crippen molar-refractivity contribution in [1.29, 1.82) is 0 Å². The van der Waals surface area contributed by atoms with Crippen molar-refractivity contribution in [3.8, 4) is 11.1 Å². The molecule has 5 heterocycles. The minimum Gasteiger partial charge on any atom is -0.364 e. The number of pyridine rings is 1. The lowest BCUT2D eigenvalue weighted by Crippen LogP contribution is -2.48. The first-order valence-electron chi connectivity index (χ1n) is 17.8. The minimum atomic E-state index is -0.290. The third-order valence-electron chi connectivity index (χ3n) is 10.4. The summed E-state index contributed by atoms with van der Waals surface area (Å²) in [6.07, 6.45) is 6.49. The summed E-state index contributed by atoms with van der Waals surface area (Å²) < 4.78 is 2.20. The summed E-state index contributed by atoms with van der Waals surface area (Å²) in [4.78, 5) is 48.6. The van der Waals surface area contributed by atoms with Crippen LogP contribution in [0.15, 0.2) is 48.7 Å². The van der Waals surface area contributed by atoms with Gasteiger partial charge in [-0.1, -0.05) is 25.1 Å². The molecule has 1 aromatic carbocycles. The molecule has 1 saturated heterocycles. The van der Waals surface area contributed by atoms with Gasteiger partial charge >= 0.3 is 0 Å². The zero-order valence-corrected chi connectivity index (χ0v) is 29.4. The number of nitrogens with zero attached hydrogens (tertiary/aromatic N) is 8. The van der Waals surface area contributed by atoms with Crippen molar-refractivity contribution in [3.63, 3.8) is 0 Å². The summed E-state index contributed by atoms with van der Waals surface area (Å²) in [6.45, 7) is 6.11. The summed E-state index contributed by atoms with van der Waals surface area (Å²) in [6, 6.07) is 14.1. The molecule has 2 aliphatic heterocycles. The van der Waals surface area contributed by atoms with Gasteiger partial charge in [-0.05, 0) is 50.3 Å². The van der Waals surface area contributed by atoms with E-state index in [-0.39, 0.29) is 47.5 Å². The zero-order valence-electron chi connectivity index (χ0n) is 29.4. The topological polar surface area (TPSA) is 154 Å². The number of benzene rings is 1. The molecular weight excluding hydrogens is 646 g/mol. The van der Waals surface area contributed by atoms with Gasteiger partial charge in [0.2, 0.25) is 11.8 Å². The van der Waals surface area contributed by atoms with E-state index in [1.807, 2.05) is 36.5 Å². The van der Waals surface area contributed by atoms with Gasteiger partial charge < -0.3 is 25.8 Å². The Labute approximate surface area is 296 Å². The van der Waals surface area contributed by atoms with E-state index in [0.29, 0.717) is 23.9 Å². The molecule has 264 valence electrons. The third kappa shape index (κ3) is 6.39. The van der Waals surface area contributed by atoms with Crippen molar-refractivity contribution in [3.05, 3.63) is 65.7 Å². The monoisotopic (exact) mass is 689 g/mol. The Hall–Kier alpha value is -5.37. The molecule has 3 aromatic heterocycles. The summed E-state index contributed by atoms with van der Waals surface area (Å²) in [5.41, 5.74) is 6.75. The van der Waals surface area contributed by atoms with E-state index >= 15 is 0 Å². The first-order valence-corrected chi connectivity index (χ1v) is 17.8. The fraction of sp³-hybridized carbons (Fsp3) is 0.432. The highest BCUT2D eigenvalue weighted by molar-refractivity contribution is 6.01.